The van der Waals surface area contributed by atoms with Gasteiger partial charge in [0.15, 0.2) is 0 Å². The standard InChI is InChI=1S/C14H27N3/c1-6-7-8-15-13-16-9-10-17(13)11-12(2)14(3,4)5/h9-10,12H,6-8,11H2,1-5H3,(H,15,16). The summed E-state index contributed by atoms with van der Waals surface area (Å²) >= 11 is 0. The van der Waals surface area contributed by atoms with Crippen molar-refractivity contribution < 1.29 is 0 Å². The molecule has 1 N–H and O–H groups in total. The number of hydrogen-bond donors (Lipinski definition) is 1. The lowest BCUT2D eigenvalue weighted by Gasteiger charge is -2.28. The van der Waals surface area contributed by atoms with Crippen molar-refractivity contribution in [3.05, 3.63) is 12.4 Å². The molecule has 0 aliphatic carbocycles. The lowest BCUT2D eigenvalue weighted by Crippen LogP contribution is -2.23. The monoisotopic (exact) mass is 237 g/mol. The zero-order valence-electron chi connectivity index (χ0n) is 12.0. The van der Waals surface area contributed by atoms with E-state index in [9.17, 15) is 0 Å². The maximum Gasteiger partial charge on any atom is 0.202 e. The van der Waals surface area contributed by atoms with Gasteiger partial charge in [0.05, 0.1) is 0 Å². The van der Waals surface area contributed by atoms with Crippen molar-refractivity contribution in [3.8, 4) is 0 Å². The van der Waals surface area contributed by atoms with Crippen LogP contribution in [-0.4, -0.2) is 16.1 Å². The average molecular weight is 237 g/mol. The molecule has 17 heavy (non-hydrogen) atoms. The minimum Gasteiger partial charge on any atom is -0.356 e. The van der Waals surface area contributed by atoms with Crippen molar-refractivity contribution in [2.75, 3.05) is 11.9 Å². The highest BCUT2D eigenvalue weighted by atomic mass is 15.2. The fourth-order valence-corrected chi connectivity index (χ4v) is 1.57. The van der Waals surface area contributed by atoms with Gasteiger partial charge in [0.1, 0.15) is 0 Å². The summed E-state index contributed by atoms with van der Waals surface area (Å²) in [6.45, 7) is 13.4. The van der Waals surface area contributed by atoms with Crippen LogP contribution in [0.1, 0.15) is 47.5 Å². The molecule has 0 amide bonds. The Morgan fingerprint density at radius 3 is 2.71 bits per heavy atom. The number of unbranched alkanes of at least 4 members (excludes halogenated alkanes) is 1. The first-order valence-electron chi connectivity index (χ1n) is 6.70. The van der Waals surface area contributed by atoms with Gasteiger partial charge in [-0.3, -0.25) is 0 Å². The van der Waals surface area contributed by atoms with Crippen molar-refractivity contribution in [2.45, 2.75) is 54.0 Å². The molecule has 0 aliphatic heterocycles. The molecular formula is C14H27N3. The lowest BCUT2D eigenvalue weighted by molar-refractivity contribution is 0.233. The molecular weight excluding hydrogens is 210 g/mol. The van der Waals surface area contributed by atoms with Crippen molar-refractivity contribution in [3.63, 3.8) is 0 Å². The molecule has 0 aliphatic rings. The van der Waals surface area contributed by atoms with E-state index in [1.54, 1.807) is 0 Å². The first-order chi connectivity index (χ1) is 7.95. The molecule has 0 saturated carbocycles. The zero-order chi connectivity index (χ0) is 12.9. The Morgan fingerprint density at radius 2 is 2.12 bits per heavy atom. The number of nitrogens with zero attached hydrogens (tertiary/aromatic N) is 2. The van der Waals surface area contributed by atoms with E-state index in [4.69, 9.17) is 0 Å². The van der Waals surface area contributed by atoms with Gasteiger partial charge >= 0.3 is 0 Å². The third kappa shape index (κ3) is 4.41. The molecule has 0 fully saturated rings. The van der Waals surface area contributed by atoms with Gasteiger partial charge in [-0.1, -0.05) is 41.0 Å². The summed E-state index contributed by atoms with van der Waals surface area (Å²) in [5, 5.41) is 3.40. The van der Waals surface area contributed by atoms with Gasteiger partial charge < -0.3 is 9.88 Å². The fourth-order valence-electron chi connectivity index (χ4n) is 1.57. The van der Waals surface area contributed by atoms with E-state index < -0.39 is 0 Å². The van der Waals surface area contributed by atoms with Crippen LogP contribution in [0.2, 0.25) is 0 Å². The Labute approximate surface area is 106 Å². The van der Waals surface area contributed by atoms with Crippen LogP contribution in [0.3, 0.4) is 0 Å². The first kappa shape index (κ1) is 14.1. The molecule has 98 valence electrons. The van der Waals surface area contributed by atoms with Gasteiger partial charge in [-0.2, -0.15) is 0 Å². The molecule has 0 bridgehead atoms. The summed E-state index contributed by atoms with van der Waals surface area (Å²) < 4.78 is 2.23. The average Bonchev–Trinajstić information content (AvgIpc) is 2.65. The van der Waals surface area contributed by atoms with Crippen LogP contribution in [0.4, 0.5) is 5.95 Å². The van der Waals surface area contributed by atoms with Crippen LogP contribution >= 0.6 is 0 Å². The third-order valence-corrected chi connectivity index (χ3v) is 3.48. The predicted molar refractivity (Wildman–Crippen MR) is 74.2 cm³/mol. The zero-order valence-corrected chi connectivity index (χ0v) is 12.0. The maximum atomic E-state index is 4.37. The van der Waals surface area contributed by atoms with Gasteiger partial charge in [-0.15, -0.1) is 0 Å². The summed E-state index contributed by atoms with van der Waals surface area (Å²) in [6.07, 6.45) is 6.36. The van der Waals surface area contributed by atoms with Crippen LogP contribution in [0.15, 0.2) is 12.4 Å². The van der Waals surface area contributed by atoms with Gasteiger partial charge in [0.25, 0.3) is 0 Å². The Hall–Kier alpha value is -0.990. The SMILES string of the molecule is CCCCNc1nccn1CC(C)C(C)(C)C. The maximum absolute atomic E-state index is 4.37. The minimum absolute atomic E-state index is 0.338. The second-order valence-electron chi connectivity index (χ2n) is 5.95. The van der Waals surface area contributed by atoms with Gasteiger partial charge in [0.2, 0.25) is 5.95 Å². The first-order valence-corrected chi connectivity index (χ1v) is 6.70. The third-order valence-electron chi connectivity index (χ3n) is 3.48. The number of aromatic nitrogens is 2. The van der Waals surface area contributed by atoms with E-state index >= 15 is 0 Å². The van der Waals surface area contributed by atoms with E-state index in [2.05, 4.69) is 55.7 Å². The molecule has 3 nitrogen and oxygen atoms in total. The van der Waals surface area contributed by atoms with Gasteiger partial charge in [-0.25, -0.2) is 4.98 Å². The summed E-state index contributed by atoms with van der Waals surface area (Å²) in [6, 6.07) is 0. The molecule has 1 aromatic rings. The predicted octanol–water partition coefficient (Wildman–Crippen LogP) is 3.78. The smallest absolute Gasteiger partial charge is 0.202 e. The highest BCUT2D eigenvalue weighted by Crippen LogP contribution is 2.27. The number of anilines is 1. The van der Waals surface area contributed by atoms with Crippen LogP contribution < -0.4 is 5.32 Å². The quantitative estimate of drug-likeness (QED) is 0.763. The van der Waals surface area contributed by atoms with Crippen LogP contribution in [0, 0.1) is 11.3 Å². The molecule has 0 radical (unpaired) electrons. The van der Waals surface area contributed by atoms with Crippen molar-refractivity contribution in [1.29, 1.82) is 0 Å². The van der Waals surface area contributed by atoms with Gasteiger partial charge in [0, 0.05) is 25.5 Å². The van der Waals surface area contributed by atoms with E-state index in [-0.39, 0.29) is 0 Å². The lowest BCUT2D eigenvalue weighted by atomic mass is 9.82. The molecule has 1 heterocycles. The van der Waals surface area contributed by atoms with Crippen LogP contribution in [0.25, 0.3) is 0 Å². The molecule has 1 unspecified atom stereocenters. The molecule has 0 aromatic carbocycles. The molecule has 1 aromatic heterocycles. The van der Waals surface area contributed by atoms with Crippen LogP contribution in [-0.2, 0) is 6.54 Å². The molecule has 0 saturated heterocycles. The largest absolute Gasteiger partial charge is 0.356 e. The second kappa shape index (κ2) is 6.08. The Balaban J connectivity index is 2.56. The molecule has 3 heteroatoms. The van der Waals surface area contributed by atoms with Crippen molar-refractivity contribution in [2.24, 2.45) is 11.3 Å². The van der Waals surface area contributed by atoms with Gasteiger partial charge in [-0.05, 0) is 17.8 Å². The van der Waals surface area contributed by atoms with E-state index in [1.807, 2.05) is 6.20 Å². The van der Waals surface area contributed by atoms with Crippen LogP contribution in [0.5, 0.6) is 0 Å². The van der Waals surface area contributed by atoms with Crippen molar-refractivity contribution in [1.82, 2.24) is 9.55 Å². The number of nitrogens with one attached hydrogen (secondary N) is 1. The summed E-state index contributed by atoms with van der Waals surface area (Å²) in [5.74, 6) is 1.64. The number of imidazole rings is 1. The molecule has 0 spiro atoms. The van der Waals surface area contributed by atoms with Crippen molar-refractivity contribution >= 4 is 5.95 Å². The Bertz CT molecular complexity index is 322. The minimum atomic E-state index is 0.338. The molecule has 1 rings (SSSR count). The van der Waals surface area contributed by atoms with E-state index in [0.29, 0.717) is 11.3 Å². The highest BCUT2D eigenvalue weighted by Gasteiger charge is 2.20. The molecule has 1 atom stereocenters. The summed E-state index contributed by atoms with van der Waals surface area (Å²) in [5.41, 5.74) is 0.338. The van der Waals surface area contributed by atoms with E-state index in [0.717, 1.165) is 19.0 Å². The normalized spacial score (nSPS) is 13.7. The Kier molecular flexibility index (Phi) is 5.03. The number of hydrogen-bond acceptors (Lipinski definition) is 2. The highest BCUT2D eigenvalue weighted by molar-refractivity contribution is 5.25. The topological polar surface area (TPSA) is 29.9 Å². The Morgan fingerprint density at radius 1 is 1.41 bits per heavy atom. The van der Waals surface area contributed by atoms with E-state index in [1.165, 1.54) is 12.8 Å². The summed E-state index contributed by atoms with van der Waals surface area (Å²) in [4.78, 5) is 4.37. The second-order valence-corrected chi connectivity index (χ2v) is 5.95. The fraction of sp³-hybridized carbons (Fsp3) is 0.786. The summed E-state index contributed by atoms with van der Waals surface area (Å²) in [7, 11) is 0. The number of rotatable bonds is 6.